The minimum atomic E-state index is -1.03. The van der Waals surface area contributed by atoms with E-state index in [4.69, 9.17) is 18.9 Å². The van der Waals surface area contributed by atoms with E-state index < -0.39 is 23.5 Å². The van der Waals surface area contributed by atoms with Crippen LogP contribution in [0.3, 0.4) is 0 Å². The smallest absolute Gasteiger partial charge is 0.339 e. The minimum Gasteiger partial charge on any atom is -0.490 e. The molecule has 5 nitrogen and oxygen atoms in total. The van der Waals surface area contributed by atoms with Gasteiger partial charge in [-0.15, -0.1) is 0 Å². The molecule has 1 aliphatic heterocycles. The summed E-state index contributed by atoms with van der Waals surface area (Å²) in [6.45, 7) is 10.3. The van der Waals surface area contributed by atoms with Gasteiger partial charge < -0.3 is 18.9 Å². The average molecular weight is 507 g/mol. The van der Waals surface area contributed by atoms with E-state index >= 15 is 4.39 Å². The van der Waals surface area contributed by atoms with Crippen LogP contribution in [-0.2, 0) is 27.3 Å². The maximum atomic E-state index is 15.4. The summed E-state index contributed by atoms with van der Waals surface area (Å²) in [5, 5.41) is 0. The number of esters is 1. The second kappa shape index (κ2) is 10.9. The van der Waals surface area contributed by atoms with Gasteiger partial charge in [0.2, 0.25) is 0 Å². The van der Waals surface area contributed by atoms with E-state index in [1.807, 2.05) is 77.1 Å². The molecule has 6 heteroatoms. The molecule has 0 saturated carbocycles. The van der Waals surface area contributed by atoms with Gasteiger partial charge in [0, 0.05) is 16.7 Å². The van der Waals surface area contributed by atoms with E-state index in [-0.39, 0.29) is 0 Å². The van der Waals surface area contributed by atoms with Crippen molar-refractivity contribution in [3.05, 3.63) is 82.2 Å². The zero-order valence-corrected chi connectivity index (χ0v) is 22.4. The Morgan fingerprint density at radius 2 is 1.84 bits per heavy atom. The Kier molecular flexibility index (Phi) is 7.88. The summed E-state index contributed by atoms with van der Waals surface area (Å²) in [5.41, 5.74) is 4.78. The van der Waals surface area contributed by atoms with Crippen LogP contribution in [0.15, 0.2) is 48.5 Å². The van der Waals surface area contributed by atoms with E-state index in [1.165, 1.54) is 13.2 Å². The lowest BCUT2D eigenvalue weighted by Crippen LogP contribution is -2.29. The quantitative estimate of drug-likeness (QED) is 0.322. The molecule has 0 aliphatic carbocycles. The number of ether oxygens (including phenoxy) is 4. The van der Waals surface area contributed by atoms with Crippen LogP contribution in [0.4, 0.5) is 4.39 Å². The number of fused-ring (bicyclic) bond motifs is 1. The number of benzene rings is 3. The first-order valence-electron chi connectivity index (χ1n) is 12.6. The van der Waals surface area contributed by atoms with Gasteiger partial charge in [-0.25, -0.2) is 9.18 Å². The molecule has 3 aromatic carbocycles. The van der Waals surface area contributed by atoms with Gasteiger partial charge in [0.05, 0.1) is 19.3 Å². The Bertz CT molecular complexity index is 1280. The molecule has 1 aliphatic rings. The Labute approximate surface area is 218 Å². The molecule has 0 aromatic heterocycles. The highest BCUT2D eigenvalue weighted by Gasteiger charge is 2.34. The van der Waals surface area contributed by atoms with Crippen molar-refractivity contribution in [2.45, 2.75) is 65.8 Å². The van der Waals surface area contributed by atoms with Gasteiger partial charge in [-0.2, -0.15) is 0 Å². The molecule has 0 bridgehead atoms. The van der Waals surface area contributed by atoms with Gasteiger partial charge in [-0.3, -0.25) is 0 Å². The van der Waals surface area contributed by atoms with Gasteiger partial charge in [-0.1, -0.05) is 36.4 Å². The first-order valence-corrected chi connectivity index (χ1v) is 12.6. The Balaban J connectivity index is 1.97. The van der Waals surface area contributed by atoms with Gasteiger partial charge in [-0.05, 0) is 81.8 Å². The zero-order valence-electron chi connectivity index (χ0n) is 22.4. The highest BCUT2D eigenvalue weighted by Crippen LogP contribution is 2.46. The fourth-order valence-corrected chi connectivity index (χ4v) is 4.78. The fourth-order valence-electron chi connectivity index (χ4n) is 4.78. The van der Waals surface area contributed by atoms with Crippen LogP contribution >= 0.6 is 0 Å². The third kappa shape index (κ3) is 5.80. The Hall–Kier alpha value is -3.38. The highest BCUT2D eigenvalue weighted by molar-refractivity contribution is 5.86. The first-order chi connectivity index (χ1) is 17.6. The third-order valence-corrected chi connectivity index (χ3v) is 6.52. The van der Waals surface area contributed by atoms with Crippen LogP contribution in [-0.4, -0.2) is 25.3 Å². The van der Waals surface area contributed by atoms with Crippen molar-refractivity contribution in [1.82, 2.24) is 0 Å². The topological polar surface area (TPSA) is 54.0 Å². The molecular weight excluding hydrogens is 471 g/mol. The van der Waals surface area contributed by atoms with E-state index in [1.54, 1.807) is 0 Å². The largest absolute Gasteiger partial charge is 0.490 e. The van der Waals surface area contributed by atoms with Gasteiger partial charge in [0.15, 0.2) is 17.7 Å². The van der Waals surface area contributed by atoms with Gasteiger partial charge in [0.1, 0.15) is 12.4 Å². The Morgan fingerprint density at radius 1 is 1.11 bits per heavy atom. The SMILES string of the molecule is COC(=O)C(OC(C)(C)C)c1c(C)ccc(OCc2ccccc2)c1-c1cc(F)c2c(c1C)CCCO2. The number of halogens is 1. The highest BCUT2D eigenvalue weighted by atomic mass is 19.1. The monoisotopic (exact) mass is 506 g/mol. The number of carbonyl (C=O) groups is 1. The fraction of sp³-hybridized carbons (Fsp3) is 0.387. The average Bonchev–Trinajstić information content (AvgIpc) is 2.88. The van der Waals surface area contributed by atoms with E-state index in [0.29, 0.717) is 47.8 Å². The number of hydrogen-bond donors (Lipinski definition) is 0. The lowest BCUT2D eigenvalue weighted by Gasteiger charge is -2.30. The minimum absolute atomic E-state index is 0.309. The lowest BCUT2D eigenvalue weighted by atomic mass is 9.86. The number of methoxy groups -OCH3 is 1. The summed E-state index contributed by atoms with van der Waals surface area (Å²) in [6, 6.07) is 15.1. The predicted molar refractivity (Wildman–Crippen MR) is 141 cm³/mol. The van der Waals surface area contributed by atoms with Crippen LogP contribution < -0.4 is 9.47 Å². The molecule has 0 spiro atoms. The van der Waals surface area contributed by atoms with E-state index in [0.717, 1.165) is 28.7 Å². The normalized spacial score (nSPS) is 13.9. The van der Waals surface area contributed by atoms with Crippen LogP contribution in [0.2, 0.25) is 0 Å². The first kappa shape index (κ1) is 26.7. The van der Waals surface area contributed by atoms with Gasteiger partial charge >= 0.3 is 5.97 Å². The van der Waals surface area contributed by atoms with E-state index in [2.05, 4.69) is 0 Å². The lowest BCUT2D eigenvalue weighted by molar-refractivity contribution is -0.164. The number of carbonyl (C=O) groups excluding carboxylic acids is 1. The van der Waals surface area contributed by atoms with Crippen molar-refractivity contribution in [3.63, 3.8) is 0 Å². The Morgan fingerprint density at radius 3 is 2.51 bits per heavy atom. The third-order valence-electron chi connectivity index (χ3n) is 6.52. The van der Waals surface area contributed by atoms with Gasteiger partial charge in [0.25, 0.3) is 0 Å². The maximum absolute atomic E-state index is 15.4. The van der Waals surface area contributed by atoms with Crippen molar-refractivity contribution in [2.24, 2.45) is 0 Å². The molecule has 4 rings (SSSR count). The number of aryl methyl sites for hydroxylation is 1. The second-order valence-electron chi connectivity index (χ2n) is 10.4. The molecule has 1 heterocycles. The van der Waals surface area contributed by atoms with Crippen LogP contribution in [0.25, 0.3) is 11.1 Å². The summed E-state index contributed by atoms with van der Waals surface area (Å²) >= 11 is 0. The maximum Gasteiger partial charge on any atom is 0.339 e. The second-order valence-corrected chi connectivity index (χ2v) is 10.4. The van der Waals surface area contributed by atoms with Crippen molar-refractivity contribution in [3.8, 4) is 22.6 Å². The molecule has 196 valence electrons. The summed E-state index contributed by atoms with van der Waals surface area (Å²) < 4.78 is 38.9. The van der Waals surface area contributed by atoms with Crippen LogP contribution in [0, 0.1) is 19.7 Å². The van der Waals surface area contributed by atoms with Crippen molar-refractivity contribution in [2.75, 3.05) is 13.7 Å². The summed E-state index contributed by atoms with van der Waals surface area (Å²) in [7, 11) is 1.34. The van der Waals surface area contributed by atoms with E-state index in [9.17, 15) is 4.79 Å². The van der Waals surface area contributed by atoms with Crippen LogP contribution in [0.5, 0.6) is 11.5 Å². The summed E-state index contributed by atoms with van der Waals surface area (Å²) in [6.07, 6.45) is 0.494. The molecule has 0 fully saturated rings. The molecule has 0 saturated heterocycles. The predicted octanol–water partition coefficient (Wildman–Crippen LogP) is 7.04. The van der Waals surface area contributed by atoms with Crippen molar-refractivity contribution >= 4 is 5.97 Å². The molecule has 3 aromatic rings. The summed E-state index contributed by atoms with van der Waals surface area (Å²) in [4.78, 5) is 13.1. The molecule has 0 amide bonds. The zero-order chi connectivity index (χ0) is 26.7. The molecule has 0 N–H and O–H groups in total. The molecule has 37 heavy (non-hydrogen) atoms. The molecular formula is C31H35FO5. The van der Waals surface area contributed by atoms with Crippen molar-refractivity contribution < 1.29 is 28.1 Å². The number of rotatable bonds is 7. The summed E-state index contributed by atoms with van der Waals surface area (Å²) in [5.74, 6) is -0.110. The number of hydrogen-bond acceptors (Lipinski definition) is 5. The molecule has 1 atom stereocenters. The standard InChI is InChI=1S/C31H35FO5/c1-19-14-15-25(36-18-21-11-8-7-9-12-21)27(26(19)29(30(33)34-6)37-31(3,4)5)23-17-24(32)28-22(20(23)2)13-10-16-35-28/h7-9,11-12,14-15,17,29H,10,13,16,18H2,1-6H3. The molecule has 1 unspecified atom stereocenters. The van der Waals surface area contributed by atoms with Crippen molar-refractivity contribution in [1.29, 1.82) is 0 Å². The van der Waals surface area contributed by atoms with Crippen LogP contribution in [0.1, 0.15) is 61.1 Å². The molecule has 0 radical (unpaired) electrons.